The molecule has 1 atom stereocenters. The third-order valence-corrected chi connectivity index (χ3v) is 11.7. The minimum atomic E-state index is -0.820. The third kappa shape index (κ3) is 51.7. The van der Waals surface area contributed by atoms with Gasteiger partial charge >= 0.3 is 17.9 Å². The maximum Gasteiger partial charge on any atom is 0.306 e. The fraction of sp³-hybridized carbons (Fsp3) is 0.746. The Hall–Kier alpha value is -3.15. The highest BCUT2D eigenvalue weighted by molar-refractivity contribution is 5.71. The molecule has 0 aromatic carbocycles. The Labute approximate surface area is 402 Å². The summed E-state index contributed by atoms with van der Waals surface area (Å²) in [5.74, 6) is -1.01. The molecule has 0 aromatic heterocycles. The molecule has 0 rings (SSSR count). The van der Waals surface area contributed by atoms with Gasteiger partial charge in [0.2, 0.25) is 0 Å². The van der Waals surface area contributed by atoms with Gasteiger partial charge in [0.15, 0.2) is 6.10 Å². The minimum absolute atomic E-state index is 0.109. The summed E-state index contributed by atoms with van der Waals surface area (Å²) in [6.45, 7) is 6.55. The van der Waals surface area contributed by atoms with E-state index >= 15 is 0 Å². The quantitative estimate of drug-likeness (QED) is 0.0262. The van der Waals surface area contributed by atoms with Gasteiger partial charge in [-0.2, -0.15) is 0 Å². The summed E-state index contributed by atoms with van der Waals surface area (Å²) in [4.78, 5) is 38.0. The van der Waals surface area contributed by atoms with Crippen LogP contribution in [0.1, 0.15) is 265 Å². The maximum atomic E-state index is 12.8. The van der Waals surface area contributed by atoms with Gasteiger partial charge in [-0.15, -0.1) is 0 Å². The number of rotatable bonds is 49. The van der Waals surface area contributed by atoms with Crippen molar-refractivity contribution in [3.8, 4) is 0 Å². The van der Waals surface area contributed by atoms with Crippen molar-refractivity contribution in [2.24, 2.45) is 0 Å². The zero-order chi connectivity index (χ0) is 47.2. The van der Waals surface area contributed by atoms with Crippen molar-refractivity contribution in [1.82, 2.24) is 0 Å². The molecule has 0 saturated carbocycles. The summed E-state index contributed by atoms with van der Waals surface area (Å²) in [6, 6.07) is 0. The Kier molecular flexibility index (Phi) is 50.9. The van der Waals surface area contributed by atoms with Gasteiger partial charge in [0.05, 0.1) is 0 Å². The van der Waals surface area contributed by atoms with E-state index in [9.17, 15) is 14.4 Å². The Morgan fingerprint density at radius 1 is 0.308 bits per heavy atom. The predicted octanol–water partition coefficient (Wildman–Crippen LogP) is 18.2. The second kappa shape index (κ2) is 53.5. The van der Waals surface area contributed by atoms with E-state index in [1.165, 1.54) is 154 Å². The smallest absolute Gasteiger partial charge is 0.306 e. The van der Waals surface area contributed by atoms with E-state index in [1.54, 1.807) is 0 Å². The lowest BCUT2D eigenvalue weighted by atomic mass is 10.0. The molecule has 0 saturated heterocycles. The SMILES string of the molecule is CCCCCCCC/C=C\C/C=C\C/C=C\CCCC(=O)OC[C@H](COC(=O)CCCCCCCCCCCCCCC)OC(=O)CCC/C=C\C/C=C\C/C=C\CCCCCCCC. The van der Waals surface area contributed by atoms with Gasteiger partial charge < -0.3 is 14.2 Å². The zero-order valence-corrected chi connectivity index (χ0v) is 42.7. The van der Waals surface area contributed by atoms with Crippen molar-refractivity contribution in [2.45, 2.75) is 271 Å². The molecule has 6 heteroatoms. The second-order valence-electron chi connectivity index (χ2n) is 18.1. The number of allylic oxidation sites excluding steroid dienone is 12. The number of unbranched alkanes of at least 4 members (excludes halogenated alkanes) is 26. The molecule has 0 radical (unpaired) electrons. The molecule has 0 heterocycles. The predicted molar refractivity (Wildman–Crippen MR) is 279 cm³/mol. The van der Waals surface area contributed by atoms with Gasteiger partial charge in [-0.05, 0) is 83.5 Å². The van der Waals surface area contributed by atoms with Gasteiger partial charge in [0.25, 0.3) is 0 Å². The van der Waals surface area contributed by atoms with Crippen LogP contribution in [0.15, 0.2) is 72.9 Å². The van der Waals surface area contributed by atoms with Crippen molar-refractivity contribution in [3.63, 3.8) is 0 Å². The first-order valence-corrected chi connectivity index (χ1v) is 27.4. The molecule has 0 amide bonds. The van der Waals surface area contributed by atoms with Gasteiger partial charge in [0, 0.05) is 19.3 Å². The fourth-order valence-electron chi connectivity index (χ4n) is 7.53. The van der Waals surface area contributed by atoms with E-state index in [2.05, 4.69) is 93.7 Å². The van der Waals surface area contributed by atoms with Crippen molar-refractivity contribution >= 4 is 17.9 Å². The number of ether oxygens (including phenoxy) is 3. The van der Waals surface area contributed by atoms with Crippen LogP contribution in [0.3, 0.4) is 0 Å². The Bertz CT molecular complexity index is 1230. The van der Waals surface area contributed by atoms with E-state index in [4.69, 9.17) is 14.2 Å². The number of hydrogen-bond donors (Lipinski definition) is 0. The lowest BCUT2D eigenvalue weighted by molar-refractivity contribution is -0.167. The number of carbonyl (C=O) groups is 3. The molecule has 0 aromatic rings. The maximum absolute atomic E-state index is 12.8. The van der Waals surface area contributed by atoms with Gasteiger partial charge in [0.1, 0.15) is 13.2 Å². The van der Waals surface area contributed by atoms with Crippen LogP contribution in [0, 0.1) is 0 Å². The summed E-state index contributed by atoms with van der Waals surface area (Å²) < 4.78 is 16.7. The number of hydrogen-bond acceptors (Lipinski definition) is 6. The molecular formula is C59H102O6. The highest BCUT2D eigenvalue weighted by Gasteiger charge is 2.19. The molecule has 0 unspecified atom stereocenters. The first kappa shape index (κ1) is 61.9. The molecule has 0 aliphatic carbocycles. The van der Waals surface area contributed by atoms with Crippen LogP contribution in [0.4, 0.5) is 0 Å². The molecular weight excluding hydrogens is 805 g/mol. The van der Waals surface area contributed by atoms with Crippen molar-refractivity contribution in [3.05, 3.63) is 72.9 Å². The minimum Gasteiger partial charge on any atom is -0.462 e. The van der Waals surface area contributed by atoms with Gasteiger partial charge in [-0.25, -0.2) is 0 Å². The van der Waals surface area contributed by atoms with Crippen molar-refractivity contribution in [2.75, 3.05) is 13.2 Å². The van der Waals surface area contributed by atoms with Crippen LogP contribution < -0.4 is 0 Å². The van der Waals surface area contributed by atoms with E-state index in [0.717, 1.165) is 57.8 Å². The van der Waals surface area contributed by atoms with Crippen LogP contribution in [0.25, 0.3) is 0 Å². The summed E-state index contributed by atoms with van der Waals surface area (Å²) in [5, 5.41) is 0. The molecule has 0 aliphatic rings. The molecule has 0 fully saturated rings. The van der Waals surface area contributed by atoms with Crippen molar-refractivity contribution < 1.29 is 28.6 Å². The highest BCUT2D eigenvalue weighted by Crippen LogP contribution is 2.14. The van der Waals surface area contributed by atoms with E-state index in [-0.39, 0.29) is 44.0 Å². The average molecular weight is 907 g/mol. The number of carbonyl (C=O) groups excluding carboxylic acids is 3. The fourth-order valence-corrected chi connectivity index (χ4v) is 7.53. The van der Waals surface area contributed by atoms with Crippen molar-refractivity contribution in [1.29, 1.82) is 0 Å². The number of esters is 3. The molecule has 65 heavy (non-hydrogen) atoms. The Morgan fingerprint density at radius 3 is 0.923 bits per heavy atom. The largest absolute Gasteiger partial charge is 0.462 e. The van der Waals surface area contributed by atoms with Crippen LogP contribution in [-0.2, 0) is 28.6 Å². The summed E-state index contributed by atoms with van der Waals surface area (Å²) in [7, 11) is 0. The molecule has 374 valence electrons. The lowest BCUT2D eigenvalue weighted by Crippen LogP contribution is -2.30. The third-order valence-electron chi connectivity index (χ3n) is 11.7. The molecule has 0 aliphatic heterocycles. The van der Waals surface area contributed by atoms with E-state index in [1.807, 2.05) is 0 Å². The molecule has 0 N–H and O–H groups in total. The second-order valence-corrected chi connectivity index (χ2v) is 18.1. The zero-order valence-electron chi connectivity index (χ0n) is 42.7. The standard InChI is InChI=1S/C59H102O6/c1-4-7-10-13-16-19-22-25-27-29-31-34-37-40-43-46-49-52-58(61)64-55-56(54-63-57(60)51-48-45-42-39-36-33-24-21-18-15-12-9-6-3)65-59(62)53-50-47-44-41-38-35-32-30-28-26-23-20-17-14-11-8-5-2/h25-28,31-32,34-35,40-41,43-44,56H,4-24,29-30,33,36-39,42,45-55H2,1-3H3/b27-25-,28-26-,34-31-,35-32-,43-40-,44-41-/t56-/m0/s1. The summed E-state index contributed by atoms with van der Waals surface area (Å²) >= 11 is 0. The highest BCUT2D eigenvalue weighted by atomic mass is 16.6. The van der Waals surface area contributed by atoms with Crippen LogP contribution in [0.5, 0.6) is 0 Å². The summed E-state index contributed by atoms with van der Waals surface area (Å²) in [5.41, 5.74) is 0. The Balaban J connectivity index is 4.52. The molecule has 0 spiro atoms. The Morgan fingerprint density at radius 2 is 0.569 bits per heavy atom. The van der Waals surface area contributed by atoms with Crippen LogP contribution >= 0.6 is 0 Å². The molecule has 0 bridgehead atoms. The monoisotopic (exact) mass is 907 g/mol. The average Bonchev–Trinajstić information content (AvgIpc) is 3.30. The van der Waals surface area contributed by atoms with E-state index in [0.29, 0.717) is 19.3 Å². The first-order valence-electron chi connectivity index (χ1n) is 27.4. The van der Waals surface area contributed by atoms with Gasteiger partial charge in [-0.1, -0.05) is 235 Å². The van der Waals surface area contributed by atoms with Crippen LogP contribution in [0.2, 0.25) is 0 Å². The lowest BCUT2D eigenvalue weighted by Gasteiger charge is -2.18. The topological polar surface area (TPSA) is 78.9 Å². The first-order chi connectivity index (χ1) is 32.0. The summed E-state index contributed by atoms with van der Waals surface area (Å²) in [6.07, 6.45) is 67.6. The van der Waals surface area contributed by atoms with Crippen LogP contribution in [-0.4, -0.2) is 37.2 Å². The normalized spacial score (nSPS) is 12.6. The molecule has 6 nitrogen and oxygen atoms in total. The van der Waals surface area contributed by atoms with E-state index < -0.39 is 6.10 Å². The van der Waals surface area contributed by atoms with Gasteiger partial charge in [-0.3, -0.25) is 14.4 Å².